The molecule has 2 aromatic heterocycles. The molecule has 19 heavy (non-hydrogen) atoms. The van der Waals surface area contributed by atoms with Gasteiger partial charge in [0.2, 0.25) is 5.82 Å². The van der Waals surface area contributed by atoms with Gasteiger partial charge in [0.05, 0.1) is 6.10 Å². The number of aromatic nitrogens is 5. The van der Waals surface area contributed by atoms with E-state index in [4.69, 9.17) is 0 Å². The molecule has 1 atom stereocenters. The highest BCUT2D eigenvalue weighted by Crippen LogP contribution is 2.29. The van der Waals surface area contributed by atoms with Crippen LogP contribution in [0.2, 0.25) is 0 Å². The molecule has 1 N–H and O–H groups in total. The maximum atomic E-state index is 10.3. The Hall–Kier alpha value is -1.34. The van der Waals surface area contributed by atoms with Crippen molar-refractivity contribution in [1.82, 2.24) is 25.2 Å². The lowest BCUT2D eigenvalue weighted by Crippen LogP contribution is -2.05. The van der Waals surface area contributed by atoms with E-state index in [0.717, 1.165) is 18.4 Å². The summed E-state index contributed by atoms with van der Waals surface area (Å²) in [5, 5.41) is 21.7. The molecular formula is C12H16BrN5O. The van der Waals surface area contributed by atoms with Crippen LogP contribution in [-0.4, -0.2) is 30.3 Å². The normalized spacial score (nSPS) is 12.6. The van der Waals surface area contributed by atoms with E-state index in [1.54, 1.807) is 11.7 Å². The number of unbranched alkanes of at least 4 members (excludes halogenated alkanes) is 1. The molecule has 0 aromatic carbocycles. The highest BCUT2D eigenvalue weighted by Gasteiger charge is 2.19. The first-order chi connectivity index (χ1) is 9.13. The predicted octanol–water partition coefficient (Wildman–Crippen LogP) is 2.26. The first-order valence-electron chi connectivity index (χ1n) is 6.20. The fourth-order valence-electron chi connectivity index (χ4n) is 1.88. The lowest BCUT2D eigenvalue weighted by Gasteiger charge is -2.14. The van der Waals surface area contributed by atoms with Crippen LogP contribution in [0, 0.1) is 0 Å². The minimum atomic E-state index is -0.549. The van der Waals surface area contributed by atoms with Crippen LogP contribution in [0.4, 0.5) is 0 Å². The van der Waals surface area contributed by atoms with Gasteiger partial charge in [0.1, 0.15) is 10.3 Å². The van der Waals surface area contributed by atoms with Crippen LogP contribution in [0.1, 0.15) is 37.9 Å². The molecule has 0 radical (unpaired) electrons. The Morgan fingerprint density at radius 2 is 2.21 bits per heavy atom. The van der Waals surface area contributed by atoms with Gasteiger partial charge in [0.25, 0.3) is 0 Å². The summed E-state index contributed by atoms with van der Waals surface area (Å²) in [4.78, 5) is 4.40. The van der Waals surface area contributed by atoms with Crippen LogP contribution in [0.3, 0.4) is 0 Å². The van der Waals surface area contributed by atoms with E-state index >= 15 is 0 Å². The predicted molar refractivity (Wildman–Crippen MR) is 74.2 cm³/mol. The van der Waals surface area contributed by atoms with Crippen molar-refractivity contribution in [2.45, 2.75) is 32.3 Å². The largest absolute Gasteiger partial charge is 0.388 e. The highest BCUT2D eigenvalue weighted by atomic mass is 79.9. The molecule has 1 unspecified atom stereocenters. The van der Waals surface area contributed by atoms with Crippen LogP contribution < -0.4 is 0 Å². The number of halogens is 1. The summed E-state index contributed by atoms with van der Waals surface area (Å²) in [6, 6.07) is 3.68. The Kier molecular flexibility index (Phi) is 4.60. The summed E-state index contributed by atoms with van der Waals surface area (Å²) in [5.41, 5.74) is 1.38. The molecule has 0 amide bonds. The number of aliphatic hydroxyl groups excluding tert-OH is 1. The highest BCUT2D eigenvalue weighted by molar-refractivity contribution is 9.10. The third-order valence-electron chi connectivity index (χ3n) is 2.91. The van der Waals surface area contributed by atoms with Gasteiger partial charge in [0.15, 0.2) is 0 Å². The van der Waals surface area contributed by atoms with E-state index in [-0.39, 0.29) is 0 Å². The maximum Gasteiger partial charge on any atom is 0.200 e. The van der Waals surface area contributed by atoms with Gasteiger partial charge in [-0.05, 0) is 38.8 Å². The van der Waals surface area contributed by atoms with Crippen molar-refractivity contribution >= 4 is 15.9 Å². The molecule has 7 heteroatoms. The van der Waals surface area contributed by atoms with Crippen molar-refractivity contribution in [2.24, 2.45) is 7.05 Å². The van der Waals surface area contributed by atoms with Crippen LogP contribution in [-0.2, 0) is 7.05 Å². The zero-order valence-corrected chi connectivity index (χ0v) is 12.5. The molecule has 2 rings (SSSR count). The van der Waals surface area contributed by atoms with Gasteiger partial charge in [-0.3, -0.25) is 0 Å². The number of hydrogen-bond acceptors (Lipinski definition) is 5. The number of hydrogen-bond donors (Lipinski definition) is 1. The van der Waals surface area contributed by atoms with Crippen LogP contribution in [0.25, 0.3) is 11.5 Å². The van der Waals surface area contributed by atoms with E-state index in [1.165, 1.54) is 0 Å². The van der Waals surface area contributed by atoms with Crippen molar-refractivity contribution in [3.8, 4) is 11.5 Å². The minimum absolute atomic E-state index is 0.548. The number of nitrogens with zero attached hydrogens (tertiary/aromatic N) is 5. The van der Waals surface area contributed by atoms with E-state index in [2.05, 4.69) is 43.4 Å². The first-order valence-corrected chi connectivity index (χ1v) is 7.00. The minimum Gasteiger partial charge on any atom is -0.388 e. The van der Waals surface area contributed by atoms with Crippen molar-refractivity contribution < 1.29 is 5.11 Å². The molecule has 0 spiro atoms. The van der Waals surface area contributed by atoms with Crippen molar-refractivity contribution in [3.05, 3.63) is 22.3 Å². The Bertz CT molecular complexity index is 557. The van der Waals surface area contributed by atoms with Crippen LogP contribution in [0.5, 0.6) is 0 Å². The van der Waals surface area contributed by atoms with Gasteiger partial charge in [0, 0.05) is 12.6 Å². The number of aryl methyl sites for hydroxylation is 1. The smallest absolute Gasteiger partial charge is 0.200 e. The van der Waals surface area contributed by atoms with Gasteiger partial charge < -0.3 is 5.11 Å². The number of aliphatic hydroxyl groups is 1. The van der Waals surface area contributed by atoms with Gasteiger partial charge in [-0.15, -0.1) is 5.10 Å². The molecule has 102 valence electrons. The van der Waals surface area contributed by atoms with Crippen molar-refractivity contribution in [3.63, 3.8) is 0 Å². The molecule has 2 heterocycles. The molecule has 0 aliphatic heterocycles. The Morgan fingerprint density at radius 3 is 2.84 bits per heavy atom. The van der Waals surface area contributed by atoms with E-state index < -0.39 is 6.10 Å². The maximum absolute atomic E-state index is 10.3. The van der Waals surface area contributed by atoms with E-state index in [9.17, 15) is 5.11 Å². The van der Waals surface area contributed by atoms with E-state index in [1.807, 2.05) is 12.1 Å². The lowest BCUT2D eigenvalue weighted by atomic mass is 10.0. The first kappa shape index (κ1) is 14.1. The standard InChI is InChI=1S/C12H16BrN5O/c1-3-4-5-9(19)8-6-7-10(13)14-11(8)12-15-16-17-18(12)2/h6-7,9,19H,3-5H2,1-2H3. The van der Waals surface area contributed by atoms with Gasteiger partial charge in [-0.1, -0.05) is 25.8 Å². The average molecular weight is 326 g/mol. The summed E-state index contributed by atoms with van der Waals surface area (Å²) < 4.78 is 2.24. The molecule has 0 aliphatic rings. The monoisotopic (exact) mass is 325 g/mol. The number of rotatable bonds is 5. The Morgan fingerprint density at radius 1 is 1.42 bits per heavy atom. The number of tetrazole rings is 1. The third kappa shape index (κ3) is 3.16. The summed E-state index contributed by atoms with van der Waals surface area (Å²) in [6.07, 6.45) is 2.17. The Balaban J connectivity index is 2.41. The SMILES string of the molecule is CCCCC(O)c1ccc(Br)nc1-c1nnnn1C. The second-order valence-electron chi connectivity index (χ2n) is 4.36. The topological polar surface area (TPSA) is 76.7 Å². The van der Waals surface area contributed by atoms with Gasteiger partial charge in [-0.25, -0.2) is 9.67 Å². The molecular weight excluding hydrogens is 310 g/mol. The Labute approximate surface area is 120 Å². The van der Waals surface area contributed by atoms with Gasteiger partial charge in [-0.2, -0.15) is 0 Å². The van der Waals surface area contributed by atoms with Gasteiger partial charge >= 0.3 is 0 Å². The van der Waals surface area contributed by atoms with E-state index in [0.29, 0.717) is 22.5 Å². The molecule has 0 saturated heterocycles. The van der Waals surface area contributed by atoms with Crippen molar-refractivity contribution in [1.29, 1.82) is 0 Å². The molecule has 0 aliphatic carbocycles. The van der Waals surface area contributed by atoms with Crippen LogP contribution in [0.15, 0.2) is 16.7 Å². The zero-order chi connectivity index (χ0) is 13.8. The van der Waals surface area contributed by atoms with Crippen molar-refractivity contribution in [2.75, 3.05) is 0 Å². The quantitative estimate of drug-likeness (QED) is 0.853. The van der Waals surface area contributed by atoms with Crippen LogP contribution >= 0.6 is 15.9 Å². The zero-order valence-electron chi connectivity index (χ0n) is 10.9. The summed E-state index contributed by atoms with van der Waals surface area (Å²) in [5.74, 6) is 0.548. The molecule has 0 fully saturated rings. The molecule has 2 aromatic rings. The third-order valence-corrected chi connectivity index (χ3v) is 3.36. The average Bonchev–Trinajstić information content (AvgIpc) is 2.82. The second kappa shape index (κ2) is 6.21. The molecule has 0 saturated carbocycles. The molecule has 6 nitrogen and oxygen atoms in total. The fourth-order valence-corrected chi connectivity index (χ4v) is 2.19. The lowest BCUT2D eigenvalue weighted by molar-refractivity contribution is 0.164. The molecule has 0 bridgehead atoms. The summed E-state index contributed by atoms with van der Waals surface area (Å²) in [6.45, 7) is 2.10. The summed E-state index contributed by atoms with van der Waals surface area (Å²) >= 11 is 3.34. The number of pyridine rings is 1. The fraction of sp³-hybridized carbons (Fsp3) is 0.500. The second-order valence-corrected chi connectivity index (χ2v) is 5.17. The summed E-state index contributed by atoms with van der Waals surface area (Å²) in [7, 11) is 1.75.